The van der Waals surface area contributed by atoms with Crippen molar-refractivity contribution in [1.82, 2.24) is 18.7 Å². The van der Waals surface area contributed by atoms with Crippen LogP contribution in [0.3, 0.4) is 0 Å². The molecule has 0 amide bonds. The van der Waals surface area contributed by atoms with Crippen molar-refractivity contribution < 1.29 is 16.9 Å². The average Bonchev–Trinajstić information content (AvgIpc) is 3.02. The van der Waals surface area contributed by atoms with Gasteiger partial charge in [0.05, 0.1) is 27.0 Å². The molecule has 0 N–H and O–H groups in total. The van der Waals surface area contributed by atoms with Gasteiger partial charge in [0.2, 0.25) is 0 Å². The number of nitrogens with zero attached hydrogens (tertiary/aromatic N) is 5. The molecule has 2 heterocycles. The van der Waals surface area contributed by atoms with Crippen molar-refractivity contribution in [3.05, 3.63) is 63.1 Å². The van der Waals surface area contributed by atoms with Crippen molar-refractivity contribution in [1.29, 1.82) is 0 Å². The summed E-state index contributed by atoms with van der Waals surface area (Å²) in [5.74, 6) is 0. The van der Waals surface area contributed by atoms with Crippen molar-refractivity contribution >= 4 is 11.2 Å². The molecule has 8 heteroatoms. The number of fused-ring (bicyclic) bond motifs is 1. The third-order valence-electron chi connectivity index (χ3n) is 4.83. The topological polar surface area (TPSA) is 61.8 Å². The summed E-state index contributed by atoms with van der Waals surface area (Å²) in [5.41, 5.74) is 1.60. The van der Waals surface area contributed by atoms with Crippen molar-refractivity contribution in [2.24, 2.45) is 14.1 Å². The lowest BCUT2D eigenvalue weighted by Crippen LogP contribution is -3.00. The Morgan fingerprint density at radius 2 is 1.70 bits per heavy atom. The van der Waals surface area contributed by atoms with Crippen LogP contribution in [0.2, 0.25) is 0 Å². The van der Waals surface area contributed by atoms with Crippen LogP contribution in [0.25, 0.3) is 11.2 Å². The number of aromatic nitrogens is 4. The zero-order chi connectivity index (χ0) is 18.9. The van der Waals surface area contributed by atoms with E-state index in [4.69, 9.17) is 0 Å². The van der Waals surface area contributed by atoms with Gasteiger partial charge >= 0.3 is 5.69 Å². The third-order valence-corrected chi connectivity index (χ3v) is 4.83. The number of hydrogen-bond acceptors (Lipinski definition) is 3. The van der Waals surface area contributed by atoms with Crippen LogP contribution in [0.5, 0.6) is 0 Å². The Hall–Kier alpha value is -2.38. The minimum atomic E-state index is -0.353. The van der Waals surface area contributed by atoms with Crippen molar-refractivity contribution in [2.45, 2.75) is 19.5 Å². The number of benzene rings is 1. The monoisotopic (exact) mass is 391 g/mol. The summed E-state index contributed by atoms with van der Waals surface area (Å²) in [5, 5.41) is 0. The molecule has 0 spiro atoms. The van der Waals surface area contributed by atoms with Crippen LogP contribution in [-0.4, -0.2) is 43.8 Å². The van der Waals surface area contributed by atoms with E-state index in [1.54, 1.807) is 13.4 Å². The highest BCUT2D eigenvalue weighted by molar-refractivity contribution is 5.69. The molecule has 1 aromatic carbocycles. The zero-order valence-electron chi connectivity index (χ0n) is 16.2. The molecule has 3 aromatic rings. The van der Waals surface area contributed by atoms with E-state index in [1.165, 1.54) is 17.2 Å². The molecule has 7 nitrogen and oxygen atoms in total. The predicted octanol–water partition coefficient (Wildman–Crippen LogP) is -1.90. The van der Waals surface area contributed by atoms with Crippen molar-refractivity contribution in [2.75, 3.05) is 20.6 Å². The molecule has 0 aliphatic rings. The maximum atomic E-state index is 12.5. The van der Waals surface area contributed by atoms with Gasteiger partial charge < -0.3 is 21.5 Å². The molecule has 0 unspecified atom stereocenters. The molecule has 3 rings (SSSR count). The SMILES string of the molecule is Cn1c(=O)c2c(ncn2CCC[N+](C)(C)Cc2ccccc2)n(C)c1=O.[Cl-]. The van der Waals surface area contributed by atoms with Crippen LogP contribution < -0.4 is 23.7 Å². The van der Waals surface area contributed by atoms with E-state index in [1.807, 2.05) is 10.6 Å². The van der Waals surface area contributed by atoms with Crippen LogP contribution in [0.15, 0.2) is 46.2 Å². The van der Waals surface area contributed by atoms with Crippen LogP contribution in [0, 0.1) is 0 Å². The normalized spacial score (nSPS) is 11.6. The first-order valence-electron chi connectivity index (χ1n) is 8.77. The third kappa shape index (κ3) is 4.31. The number of imidazole rings is 1. The van der Waals surface area contributed by atoms with Gasteiger partial charge in [0.15, 0.2) is 11.2 Å². The van der Waals surface area contributed by atoms with E-state index >= 15 is 0 Å². The minimum Gasteiger partial charge on any atom is -1.00 e. The lowest BCUT2D eigenvalue weighted by molar-refractivity contribution is -0.903. The van der Waals surface area contributed by atoms with Gasteiger partial charge in [-0.05, 0) is 0 Å². The van der Waals surface area contributed by atoms with E-state index in [0.717, 1.165) is 28.6 Å². The van der Waals surface area contributed by atoms with Crippen LogP contribution in [0.1, 0.15) is 12.0 Å². The molecule has 2 aromatic heterocycles. The van der Waals surface area contributed by atoms with Crippen LogP contribution in [-0.2, 0) is 27.2 Å². The molecule has 0 bridgehead atoms. The zero-order valence-corrected chi connectivity index (χ0v) is 17.0. The molecule has 0 aliphatic heterocycles. The molecule has 27 heavy (non-hydrogen) atoms. The fourth-order valence-corrected chi connectivity index (χ4v) is 3.39. The van der Waals surface area contributed by atoms with Crippen molar-refractivity contribution in [3.8, 4) is 0 Å². The second-order valence-electron chi connectivity index (χ2n) is 7.47. The lowest BCUT2D eigenvalue weighted by Gasteiger charge is -2.30. The molecular weight excluding hydrogens is 366 g/mol. The second-order valence-corrected chi connectivity index (χ2v) is 7.47. The maximum Gasteiger partial charge on any atom is 0.332 e. The van der Waals surface area contributed by atoms with Crippen molar-refractivity contribution in [3.63, 3.8) is 0 Å². The molecule has 0 saturated carbocycles. The fourth-order valence-electron chi connectivity index (χ4n) is 3.39. The predicted molar refractivity (Wildman–Crippen MR) is 102 cm³/mol. The Balaban J connectivity index is 0.00000261. The number of quaternary nitrogens is 1. The first-order chi connectivity index (χ1) is 12.3. The maximum absolute atomic E-state index is 12.5. The first kappa shape index (κ1) is 20.9. The van der Waals surface area contributed by atoms with E-state index in [2.05, 4.69) is 43.3 Å². The molecule has 0 fully saturated rings. The van der Waals surface area contributed by atoms with Gasteiger partial charge in [-0.25, -0.2) is 9.78 Å². The van der Waals surface area contributed by atoms with Crippen LogP contribution in [0.4, 0.5) is 0 Å². The minimum absolute atomic E-state index is 0. The molecule has 0 saturated heterocycles. The van der Waals surface area contributed by atoms with E-state index in [9.17, 15) is 9.59 Å². The Morgan fingerprint density at radius 3 is 2.37 bits per heavy atom. The second kappa shape index (κ2) is 8.10. The summed E-state index contributed by atoms with van der Waals surface area (Å²) in [6, 6.07) is 10.4. The van der Waals surface area contributed by atoms with Crippen LogP contribution >= 0.6 is 0 Å². The number of halogens is 1. The Bertz CT molecular complexity index is 1030. The Labute approximate surface area is 164 Å². The molecule has 0 atom stereocenters. The molecule has 146 valence electrons. The largest absolute Gasteiger partial charge is 1.00 e. The quantitative estimate of drug-likeness (QED) is 0.461. The smallest absolute Gasteiger partial charge is 0.332 e. The average molecular weight is 392 g/mol. The van der Waals surface area contributed by atoms with Gasteiger partial charge in [-0.3, -0.25) is 13.9 Å². The van der Waals surface area contributed by atoms with Gasteiger partial charge in [0.1, 0.15) is 6.54 Å². The number of hydrogen-bond donors (Lipinski definition) is 0. The van der Waals surface area contributed by atoms with E-state index in [-0.39, 0.29) is 23.7 Å². The van der Waals surface area contributed by atoms with E-state index in [0.29, 0.717) is 17.7 Å². The highest BCUT2D eigenvalue weighted by Gasteiger charge is 2.17. The molecular formula is C19H26ClN5O2. The standard InChI is InChI=1S/C19H26N5O2.ClH/c1-21-17-16(18(25)22(2)19(21)26)23(14-20-17)11-8-12-24(3,4)13-15-9-6-5-7-10-15;/h5-7,9-10,14H,8,11-13H2,1-4H3;1H/q+1;/p-1. The van der Waals surface area contributed by atoms with E-state index < -0.39 is 0 Å². The highest BCUT2D eigenvalue weighted by Crippen LogP contribution is 2.12. The summed E-state index contributed by atoms with van der Waals surface area (Å²) in [6.45, 7) is 2.63. The number of rotatable bonds is 6. The Morgan fingerprint density at radius 1 is 1.04 bits per heavy atom. The van der Waals surface area contributed by atoms with Gasteiger partial charge in [-0.15, -0.1) is 0 Å². The highest BCUT2D eigenvalue weighted by atomic mass is 35.5. The molecule has 0 aliphatic carbocycles. The van der Waals surface area contributed by atoms with Gasteiger partial charge in [0, 0.05) is 32.6 Å². The Kier molecular flexibility index (Phi) is 6.28. The first-order valence-corrected chi connectivity index (χ1v) is 8.77. The molecule has 0 radical (unpaired) electrons. The fraction of sp³-hybridized carbons (Fsp3) is 0.421. The van der Waals surface area contributed by atoms with Gasteiger partial charge in [-0.2, -0.15) is 0 Å². The van der Waals surface area contributed by atoms with Gasteiger partial charge in [0.25, 0.3) is 5.56 Å². The summed E-state index contributed by atoms with van der Waals surface area (Å²) in [4.78, 5) is 28.7. The lowest BCUT2D eigenvalue weighted by atomic mass is 10.2. The summed E-state index contributed by atoms with van der Waals surface area (Å²) >= 11 is 0. The summed E-state index contributed by atoms with van der Waals surface area (Å²) in [6.07, 6.45) is 2.57. The van der Waals surface area contributed by atoms with Gasteiger partial charge in [-0.1, -0.05) is 30.3 Å². The summed E-state index contributed by atoms with van der Waals surface area (Å²) in [7, 11) is 7.56. The number of aryl methyl sites for hydroxylation is 2. The summed E-state index contributed by atoms with van der Waals surface area (Å²) < 4.78 is 5.28.